The second-order valence-electron chi connectivity index (χ2n) is 5.67. The molecule has 0 saturated heterocycles. The van der Waals surface area contributed by atoms with Crippen LogP contribution >= 0.6 is 15.9 Å². The summed E-state index contributed by atoms with van der Waals surface area (Å²) in [5.74, 6) is 2.11. The first-order valence-corrected chi connectivity index (χ1v) is 8.31. The molecule has 0 aliphatic heterocycles. The predicted octanol–water partition coefficient (Wildman–Crippen LogP) is 3.82. The molecule has 4 nitrogen and oxygen atoms in total. The van der Waals surface area contributed by atoms with Crippen LogP contribution in [0.1, 0.15) is 31.6 Å². The Morgan fingerprint density at radius 3 is 2.90 bits per heavy atom. The lowest BCUT2D eigenvalue weighted by Crippen LogP contribution is -2.34. The Kier molecular flexibility index (Phi) is 4.70. The van der Waals surface area contributed by atoms with E-state index in [1.807, 2.05) is 31.3 Å². The van der Waals surface area contributed by atoms with Gasteiger partial charge < -0.3 is 9.84 Å². The summed E-state index contributed by atoms with van der Waals surface area (Å²) in [6, 6.07) is 8.39. The SMILES string of the molecule is CNC(Cc1nc(-c2cccc(Br)c2)no1)C1CCCC1. The van der Waals surface area contributed by atoms with Gasteiger partial charge in [0, 0.05) is 22.5 Å². The standard InChI is InChI=1S/C16H20BrN3O/c1-18-14(11-5-2-3-6-11)10-15-19-16(20-21-15)12-7-4-8-13(17)9-12/h4,7-9,11,14,18H,2-3,5-6,10H2,1H3. The molecule has 1 fully saturated rings. The summed E-state index contributed by atoms with van der Waals surface area (Å²) in [4.78, 5) is 4.54. The number of rotatable bonds is 5. The first-order valence-electron chi connectivity index (χ1n) is 7.52. The van der Waals surface area contributed by atoms with Crippen LogP contribution in [0.3, 0.4) is 0 Å². The van der Waals surface area contributed by atoms with E-state index in [4.69, 9.17) is 4.52 Å². The lowest BCUT2D eigenvalue weighted by atomic mass is 9.95. The quantitative estimate of drug-likeness (QED) is 0.891. The lowest BCUT2D eigenvalue weighted by molar-refractivity contribution is 0.318. The Bertz CT molecular complexity index is 593. The zero-order valence-corrected chi connectivity index (χ0v) is 13.8. The van der Waals surface area contributed by atoms with Crippen molar-refractivity contribution >= 4 is 15.9 Å². The molecule has 21 heavy (non-hydrogen) atoms. The van der Waals surface area contributed by atoms with Crippen molar-refractivity contribution in [3.63, 3.8) is 0 Å². The van der Waals surface area contributed by atoms with Crippen LogP contribution in [-0.2, 0) is 6.42 Å². The van der Waals surface area contributed by atoms with Crippen molar-refractivity contribution < 1.29 is 4.52 Å². The summed E-state index contributed by atoms with van der Waals surface area (Å²) in [5.41, 5.74) is 0.973. The number of hydrogen-bond acceptors (Lipinski definition) is 4. The maximum absolute atomic E-state index is 5.43. The average molecular weight is 350 g/mol. The predicted molar refractivity (Wildman–Crippen MR) is 85.9 cm³/mol. The van der Waals surface area contributed by atoms with Crippen LogP contribution in [0.25, 0.3) is 11.4 Å². The molecule has 1 unspecified atom stereocenters. The van der Waals surface area contributed by atoms with Gasteiger partial charge in [0.1, 0.15) is 0 Å². The molecule has 1 aliphatic rings. The van der Waals surface area contributed by atoms with Crippen LogP contribution in [-0.4, -0.2) is 23.2 Å². The van der Waals surface area contributed by atoms with E-state index < -0.39 is 0 Å². The molecule has 1 N–H and O–H groups in total. The molecular weight excluding hydrogens is 330 g/mol. The largest absolute Gasteiger partial charge is 0.339 e. The molecule has 1 saturated carbocycles. The Morgan fingerprint density at radius 2 is 2.19 bits per heavy atom. The van der Waals surface area contributed by atoms with Crippen molar-refractivity contribution in [2.24, 2.45) is 5.92 Å². The van der Waals surface area contributed by atoms with E-state index >= 15 is 0 Å². The topological polar surface area (TPSA) is 51.0 Å². The van der Waals surface area contributed by atoms with E-state index in [0.29, 0.717) is 11.9 Å². The highest BCUT2D eigenvalue weighted by atomic mass is 79.9. The number of nitrogens with one attached hydrogen (secondary N) is 1. The van der Waals surface area contributed by atoms with Crippen LogP contribution in [0.2, 0.25) is 0 Å². The normalized spacial score (nSPS) is 17.2. The van der Waals surface area contributed by atoms with E-state index in [-0.39, 0.29) is 0 Å². The van der Waals surface area contributed by atoms with Crippen LogP contribution in [0, 0.1) is 5.92 Å². The fraction of sp³-hybridized carbons (Fsp3) is 0.500. The van der Waals surface area contributed by atoms with E-state index in [1.165, 1.54) is 25.7 Å². The van der Waals surface area contributed by atoms with Crippen molar-refractivity contribution in [3.8, 4) is 11.4 Å². The first-order chi connectivity index (χ1) is 10.3. The minimum absolute atomic E-state index is 0.434. The molecular formula is C16H20BrN3O. The molecule has 2 aromatic rings. The number of benzene rings is 1. The van der Waals surface area contributed by atoms with E-state index in [2.05, 4.69) is 31.4 Å². The Balaban J connectivity index is 1.72. The van der Waals surface area contributed by atoms with Crippen molar-refractivity contribution in [1.29, 1.82) is 0 Å². The lowest BCUT2D eigenvalue weighted by Gasteiger charge is -2.20. The van der Waals surface area contributed by atoms with Crippen LogP contribution < -0.4 is 5.32 Å². The molecule has 5 heteroatoms. The number of aromatic nitrogens is 2. The van der Waals surface area contributed by atoms with Gasteiger partial charge in [0.05, 0.1) is 0 Å². The monoisotopic (exact) mass is 349 g/mol. The van der Waals surface area contributed by atoms with Crippen molar-refractivity contribution in [2.75, 3.05) is 7.05 Å². The summed E-state index contributed by atoms with van der Waals surface area (Å²) in [7, 11) is 2.02. The highest BCUT2D eigenvalue weighted by molar-refractivity contribution is 9.10. The van der Waals surface area contributed by atoms with Crippen LogP contribution in [0.15, 0.2) is 33.3 Å². The number of hydrogen-bond donors (Lipinski definition) is 1. The molecule has 1 heterocycles. The molecule has 1 aromatic carbocycles. The Morgan fingerprint density at radius 1 is 1.38 bits per heavy atom. The summed E-state index contributed by atoms with van der Waals surface area (Å²) in [6.07, 6.45) is 6.10. The molecule has 112 valence electrons. The molecule has 1 aromatic heterocycles. The van der Waals surface area contributed by atoms with E-state index in [9.17, 15) is 0 Å². The van der Waals surface area contributed by atoms with Gasteiger partial charge in [-0.15, -0.1) is 0 Å². The van der Waals surface area contributed by atoms with E-state index in [1.54, 1.807) is 0 Å². The average Bonchev–Trinajstić information content (AvgIpc) is 3.16. The zero-order valence-electron chi connectivity index (χ0n) is 12.2. The number of likely N-dealkylation sites (N-methyl/N-ethyl adjacent to an activating group) is 1. The number of nitrogens with zero attached hydrogens (tertiary/aromatic N) is 2. The Labute approximate surface area is 133 Å². The highest BCUT2D eigenvalue weighted by Gasteiger charge is 2.25. The number of halogens is 1. The molecule has 3 rings (SSSR count). The van der Waals surface area contributed by atoms with Crippen molar-refractivity contribution in [3.05, 3.63) is 34.6 Å². The van der Waals surface area contributed by atoms with E-state index in [0.717, 1.165) is 28.3 Å². The van der Waals surface area contributed by atoms with Gasteiger partial charge in [0.2, 0.25) is 11.7 Å². The minimum Gasteiger partial charge on any atom is -0.339 e. The van der Waals surface area contributed by atoms with Crippen LogP contribution in [0.5, 0.6) is 0 Å². The second kappa shape index (κ2) is 6.71. The van der Waals surface area contributed by atoms with Gasteiger partial charge in [0.15, 0.2) is 0 Å². The molecule has 0 amide bonds. The van der Waals surface area contributed by atoms with Gasteiger partial charge >= 0.3 is 0 Å². The van der Waals surface area contributed by atoms with Gasteiger partial charge in [-0.2, -0.15) is 4.98 Å². The third-order valence-corrected chi connectivity index (χ3v) is 4.78. The second-order valence-corrected chi connectivity index (χ2v) is 6.58. The summed E-state index contributed by atoms with van der Waals surface area (Å²) in [6.45, 7) is 0. The zero-order chi connectivity index (χ0) is 14.7. The molecule has 1 aliphatic carbocycles. The molecule has 1 atom stereocenters. The fourth-order valence-electron chi connectivity index (χ4n) is 3.13. The summed E-state index contributed by atoms with van der Waals surface area (Å²) < 4.78 is 6.45. The summed E-state index contributed by atoms with van der Waals surface area (Å²) in [5, 5.41) is 7.52. The summed E-state index contributed by atoms with van der Waals surface area (Å²) >= 11 is 3.47. The van der Waals surface area contributed by atoms with Gasteiger partial charge in [-0.3, -0.25) is 0 Å². The first kappa shape index (κ1) is 14.7. The maximum atomic E-state index is 5.43. The minimum atomic E-state index is 0.434. The highest BCUT2D eigenvalue weighted by Crippen LogP contribution is 2.29. The molecule has 0 spiro atoms. The Hall–Kier alpha value is -1.20. The van der Waals surface area contributed by atoms with Crippen molar-refractivity contribution in [1.82, 2.24) is 15.5 Å². The van der Waals surface area contributed by atoms with Gasteiger partial charge in [-0.25, -0.2) is 0 Å². The third-order valence-electron chi connectivity index (χ3n) is 4.29. The van der Waals surface area contributed by atoms with Crippen molar-refractivity contribution in [2.45, 2.75) is 38.1 Å². The maximum Gasteiger partial charge on any atom is 0.228 e. The van der Waals surface area contributed by atoms with Gasteiger partial charge in [0.25, 0.3) is 0 Å². The van der Waals surface area contributed by atoms with Crippen LogP contribution in [0.4, 0.5) is 0 Å². The third kappa shape index (κ3) is 3.52. The smallest absolute Gasteiger partial charge is 0.228 e. The molecule has 0 radical (unpaired) electrons. The van der Waals surface area contributed by atoms with Gasteiger partial charge in [-0.05, 0) is 37.9 Å². The van der Waals surface area contributed by atoms with Gasteiger partial charge in [-0.1, -0.05) is 46.1 Å². The fourth-order valence-corrected chi connectivity index (χ4v) is 3.53. The molecule has 0 bridgehead atoms.